The first-order chi connectivity index (χ1) is 10.4. The molecule has 9 nitrogen and oxygen atoms in total. The molecule has 10 heteroatoms. The van der Waals surface area contributed by atoms with Crippen LogP contribution in [0.25, 0.3) is 10.4 Å². The molecule has 2 N–H and O–H groups in total. The maximum absolute atomic E-state index is 14.4. The van der Waals surface area contributed by atoms with E-state index in [0.29, 0.717) is 0 Å². The van der Waals surface area contributed by atoms with Crippen LogP contribution in [0.1, 0.15) is 26.0 Å². The van der Waals surface area contributed by atoms with Crippen molar-refractivity contribution in [2.45, 2.75) is 43.9 Å². The van der Waals surface area contributed by atoms with Crippen molar-refractivity contribution in [1.29, 1.82) is 0 Å². The van der Waals surface area contributed by atoms with E-state index in [9.17, 15) is 19.1 Å². The van der Waals surface area contributed by atoms with Gasteiger partial charge in [0.1, 0.15) is 6.10 Å². The van der Waals surface area contributed by atoms with Gasteiger partial charge in [-0.1, -0.05) is 12.0 Å². The molecule has 1 unspecified atom stereocenters. The molecule has 0 saturated carbocycles. The largest absolute Gasteiger partial charge is 0.387 e. The fraction of sp³-hybridized carbons (Fsp3) is 0.667. The molecule has 2 heterocycles. The number of H-pyrrole nitrogens is 1. The molecule has 120 valence electrons. The molecule has 0 bridgehead atoms. The summed E-state index contributed by atoms with van der Waals surface area (Å²) in [5.41, 5.74) is 5.62. The maximum Gasteiger partial charge on any atom is 0.330 e. The quantitative estimate of drug-likeness (QED) is 0.468. The van der Waals surface area contributed by atoms with E-state index >= 15 is 0 Å². The van der Waals surface area contributed by atoms with Crippen LogP contribution in [-0.4, -0.2) is 39.1 Å². The Morgan fingerprint density at radius 1 is 1.64 bits per heavy atom. The number of azide groups is 1. The third-order valence-electron chi connectivity index (χ3n) is 3.89. The van der Waals surface area contributed by atoms with Gasteiger partial charge >= 0.3 is 5.69 Å². The lowest BCUT2D eigenvalue weighted by molar-refractivity contribution is -0.109. The number of halogens is 1. The number of aromatic nitrogens is 2. The first-order valence-corrected chi connectivity index (χ1v) is 6.77. The molecule has 0 aliphatic carbocycles. The van der Waals surface area contributed by atoms with Gasteiger partial charge in [-0.25, -0.2) is 9.18 Å². The van der Waals surface area contributed by atoms with Gasteiger partial charge in [-0.15, -0.1) is 0 Å². The van der Waals surface area contributed by atoms with Crippen molar-refractivity contribution in [2.24, 2.45) is 5.11 Å². The summed E-state index contributed by atoms with van der Waals surface area (Å²) in [6, 6.07) is 1.07. The predicted octanol–water partition coefficient (Wildman–Crippen LogP) is 0.614. The summed E-state index contributed by atoms with van der Waals surface area (Å²) >= 11 is 0. The zero-order valence-corrected chi connectivity index (χ0v) is 11.8. The molecule has 1 aromatic rings. The zero-order chi connectivity index (χ0) is 16.3. The number of aliphatic hydroxyl groups excluding tert-OH is 1. The van der Waals surface area contributed by atoms with Gasteiger partial charge < -0.3 is 9.84 Å². The highest BCUT2D eigenvalue weighted by Gasteiger charge is 2.54. The molecule has 1 aromatic heterocycles. The Bertz CT molecular complexity index is 697. The van der Waals surface area contributed by atoms with E-state index in [0.717, 1.165) is 16.8 Å². The van der Waals surface area contributed by atoms with Crippen LogP contribution in [0.5, 0.6) is 0 Å². The van der Waals surface area contributed by atoms with E-state index in [1.54, 1.807) is 6.92 Å². The molecule has 0 spiro atoms. The second-order valence-corrected chi connectivity index (χ2v) is 5.04. The summed E-state index contributed by atoms with van der Waals surface area (Å²) in [4.78, 5) is 27.4. The normalized spacial score (nSPS) is 31.0. The van der Waals surface area contributed by atoms with E-state index in [2.05, 4.69) is 10.0 Å². The lowest BCUT2D eigenvalue weighted by Gasteiger charge is -2.30. The van der Waals surface area contributed by atoms with Crippen molar-refractivity contribution < 1.29 is 14.2 Å². The average molecular weight is 313 g/mol. The highest BCUT2D eigenvalue weighted by molar-refractivity contribution is 5.02. The molecule has 2 rings (SSSR count). The highest BCUT2D eigenvalue weighted by Crippen LogP contribution is 2.42. The first kappa shape index (κ1) is 16.2. The first-order valence-electron chi connectivity index (χ1n) is 6.77. The Labute approximate surface area is 124 Å². The summed E-state index contributed by atoms with van der Waals surface area (Å²) in [7, 11) is 0. The summed E-state index contributed by atoms with van der Waals surface area (Å²) in [5, 5.41) is 13.5. The Morgan fingerprint density at radius 3 is 2.95 bits per heavy atom. The third-order valence-corrected chi connectivity index (χ3v) is 3.89. The molecule has 0 radical (unpaired) electrons. The minimum Gasteiger partial charge on any atom is -0.387 e. The van der Waals surface area contributed by atoms with Crippen molar-refractivity contribution in [3.05, 3.63) is 43.5 Å². The molecule has 0 amide bonds. The van der Waals surface area contributed by atoms with Gasteiger partial charge in [-0.05, 0) is 18.4 Å². The number of aliphatic hydroxyl groups is 1. The zero-order valence-electron chi connectivity index (χ0n) is 11.8. The molecule has 22 heavy (non-hydrogen) atoms. The van der Waals surface area contributed by atoms with Gasteiger partial charge in [-0.2, -0.15) is 0 Å². The van der Waals surface area contributed by atoms with Crippen molar-refractivity contribution in [1.82, 2.24) is 9.55 Å². The van der Waals surface area contributed by atoms with E-state index < -0.39 is 35.4 Å². The standard InChI is InChI=1S/C12H16FN5O4/c1-2-12(4-5-15-17-14)9(20)8(13)10(22-12)18-6-3-7(19)16-11(18)21/h3,6,8-10,20H,2,4-5H2,1H3,(H,16,19,21)/t8-,9?,10+,12-/m0/s1. The van der Waals surface area contributed by atoms with Crippen molar-refractivity contribution >= 4 is 0 Å². The Balaban J connectivity index is 2.34. The number of nitrogens with zero attached hydrogens (tertiary/aromatic N) is 4. The van der Waals surface area contributed by atoms with Gasteiger partial charge in [0, 0.05) is 23.7 Å². The second kappa shape index (κ2) is 6.30. The summed E-state index contributed by atoms with van der Waals surface area (Å²) in [6.45, 7) is 1.73. The van der Waals surface area contributed by atoms with Gasteiger partial charge in [0.25, 0.3) is 5.56 Å². The van der Waals surface area contributed by atoms with Gasteiger partial charge in [0.05, 0.1) is 5.60 Å². The van der Waals surface area contributed by atoms with Crippen LogP contribution in [0.15, 0.2) is 27.0 Å². The van der Waals surface area contributed by atoms with E-state index in [4.69, 9.17) is 10.3 Å². The fourth-order valence-corrected chi connectivity index (χ4v) is 2.62. The van der Waals surface area contributed by atoms with Crippen LogP contribution in [-0.2, 0) is 4.74 Å². The molecule has 1 fully saturated rings. The van der Waals surface area contributed by atoms with Crippen LogP contribution in [0.3, 0.4) is 0 Å². The topological polar surface area (TPSA) is 133 Å². The van der Waals surface area contributed by atoms with Crippen LogP contribution in [0, 0.1) is 0 Å². The number of nitrogens with one attached hydrogen (secondary N) is 1. The highest BCUT2D eigenvalue weighted by atomic mass is 19.1. The number of hydrogen-bond donors (Lipinski definition) is 2. The lowest BCUT2D eigenvalue weighted by Crippen LogP contribution is -2.42. The number of aromatic amines is 1. The number of ether oxygens (including phenoxy) is 1. The lowest BCUT2D eigenvalue weighted by atomic mass is 9.89. The van der Waals surface area contributed by atoms with E-state index in [1.165, 1.54) is 0 Å². The molecular weight excluding hydrogens is 297 g/mol. The monoisotopic (exact) mass is 313 g/mol. The SMILES string of the molecule is CC[C@@]1(CCN=[N+]=[N-])O[C@@H](n2ccc(=O)[nH]c2=O)[C@@H](F)C1O. The summed E-state index contributed by atoms with van der Waals surface area (Å²) < 4.78 is 20.9. The number of rotatable bonds is 5. The van der Waals surface area contributed by atoms with Crippen molar-refractivity contribution in [2.75, 3.05) is 6.54 Å². The molecule has 1 aliphatic rings. The average Bonchev–Trinajstić information content (AvgIpc) is 2.73. The van der Waals surface area contributed by atoms with E-state index in [-0.39, 0.29) is 19.4 Å². The Kier molecular flexibility index (Phi) is 4.65. The van der Waals surface area contributed by atoms with Crippen LogP contribution < -0.4 is 11.2 Å². The van der Waals surface area contributed by atoms with Crippen LogP contribution >= 0.6 is 0 Å². The third kappa shape index (κ3) is 2.76. The van der Waals surface area contributed by atoms with Gasteiger partial charge in [0.15, 0.2) is 12.4 Å². The minimum atomic E-state index is -1.85. The second-order valence-electron chi connectivity index (χ2n) is 5.04. The van der Waals surface area contributed by atoms with Crippen LogP contribution in [0.2, 0.25) is 0 Å². The summed E-state index contributed by atoms with van der Waals surface area (Å²) in [6.07, 6.45) is -3.19. The van der Waals surface area contributed by atoms with Gasteiger partial charge in [0.2, 0.25) is 0 Å². The minimum absolute atomic E-state index is 0.0291. The predicted molar refractivity (Wildman–Crippen MR) is 74.0 cm³/mol. The smallest absolute Gasteiger partial charge is 0.330 e. The van der Waals surface area contributed by atoms with Gasteiger partial charge in [-0.3, -0.25) is 14.3 Å². The molecule has 1 saturated heterocycles. The molecule has 1 aliphatic heterocycles. The fourth-order valence-electron chi connectivity index (χ4n) is 2.62. The number of alkyl halides is 1. The van der Waals surface area contributed by atoms with Crippen molar-refractivity contribution in [3.8, 4) is 0 Å². The van der Waals surface area contributed by atoms with Crippen molar-refractivity contribution in [3.63, 3.8) is 0 Å². The van der Waals surface area contributed by atoms with Crippen LogP contribution in [0.4, 0.5) is 4.39 Å². The summed E-state index contributed by atoms with van der Waals surface area (Å²) in [5.74, 6) is 0. The molecular formula is C12H16FN5O4. The maximum atomic E-state index is 14.4. The molecule has 4 atom stereocenters. The Hall–Kier alpha value is -2.16. The molecule has 0 aromatic carbocycles. The number of hydrogen-bond acceptors (Lipinski definition) is 5. The Morgan fingerprint density at radius 2 is 2.36 bits per heavy atom. The van der Waals surface area contributed by atoms with E-state index in [1.807, 2.05) is 4.98 Å².